The third-order valence-corrected chi connectivity index (χ3v) is 7.38. The number of anilines is 2. The van der Waals surface area contributed by atoms with Gasteiger partial charge in [0.25, 0.3) is 5.91 Å². The van der Waals surface area contributed by atoms with E-state index in [0.717, 1.165) is 30.2 Å². The van der Waals surface area contributed by atoms with Crippen molar-refractivity contribution in [1.82, 2.24) is 9.88 Å². The molecule has 8 heteroatoms. The molecular weight excluding hydrogens is 430 g/mol. The van der Waals surface area contributed by atoms with Crippen LogP contribution >= 0.6 is 0 Å². The highest BCUT2D eigenvalue weighted by Gasteiger charge is 2.54. The average Bonchev–Trinajstić information content (AvgIpc) is 3.15. The van der Waals surface area contributed by atoms with Gasteiger partial charge in [0.2, 0.25) is 0 Å². The minimum Gasteiger partial charge on any atom is -0.381 e. The number of hydrogen-bond acceptors (Lipinski definition) is 6. The van der Waals surface area contributed by atoms with Crippen LogP contribution in [0.15, 0.2) is 42.6 Å². The highest BCUT2D eigenvalue weighted by molar-refractivity contribution is 6.22. The first kappa shape index (κ1) is 22.4. The molecular formula is C26H29N5O3. The number of fused-ring (bicyclic) bond motifs is 1. The molecule has 34 heavy (non-hydrogen) atoms. The summed E-state index contributed by atoms with van der Waals surface area (Å²) >= 11 is 0. The zero-order valence-corrected chi connectivity index (χ0v) is 19.9. The fraction of sp³-hybridized carbons (Fsp3) is 0.462. The highest BCUT2D eigenvalue weighted by atomic mass is 16.5. The number of nitriles is 1. The first-order valence-corrected chi connectivity index (χ1v) is 11.6. The van der Waals surface area contributed by atoms with E-state index in [0.29, 0.717) is 30.1 Å². The van der Waals surface area contributed by atoms with Crippen molar-refractivity contribution in [2.75, 3.05) is 23.4 Å². The maximum atomic E-state index is 13.4. The van der Waals surface area contributed by atoms with Crippen molar-refractivity contribution in [3.05, 3.63) is 53.7 Å². The number of benzene rings is 1. The second kappa shape index (κ2) is 7.81. The van der Waals surface area contributed by atoms with E-state index in [4.69, 9.17) is 4.74 Å². The van der Waals surface area contributed by atoms with Crippen molar-refractivity contribution in [2.24, 2.45) is 11.8 Å². The van der Waals surface area contributed by atoms with Crippen molar-refractivity contribution in [2.45, 2.75) is 51.2 Å². The first-order chi connectivity index (χ1) is 16.1. The molecule has 176 valence electrons. The quantitative estimate of drug-likeness (QED) is 0.662. The lowest BCUT2D eigenvalue weighted by atomic mass is 9.86. The Kier molecular flexibility index (Phi) is 5.14. The van der Waals surface area contributed by atoms with Gasteiger partial charge in [0.1, 0.15) is 11.4 Å². The molecule has 3 aliphatic rings. The van der Waals surface area contributed by atoms with E-state index in [1.165, 1.54) is 4.90 Å². The van der Waals surface area contributed by atoms with Crippen LogP contribution in [0.2, 0.25) is 0 Å². The number of imide groups is 1. The van der Waals surface area contributed by atoms with E-state index in [2.05, 4.69) is 16.4 Å². The Bertz CT molecular complexity index is 1170. The summed E-state index contributed by atoms with van der Waals surface area (Å²) in [6.45, 7) is 9.10. The van der Waals surface area contributed by atoms with E-state index in [1.807, 2.05) is 26.0 Å². The van der Waals surface area contributed by atoms with Crippen molar-refractivity contribution in [3.63, 3.8) is 0 Å². The van der Waals surface area contributed by atoms with Gasteiger partial charge in [-0.05, 0) is 63.1 Å². The van der Waals surface area contributed by atoms with E-state index in [1.54, 1.807) is 49.2 Å². The predicted molar refractivity (Wildman–Crippen MR) is 127 cm³/mol. The van der Waals surface area contributed by atoms with Crippen LogP contribution in [0.4, 0.5) is 16.3 Å². The molecule has 0 spiro atoms. The lowest BCUT2D eigenvalue weighted by Gasteiger charge is -2.27. The molecule has 2 aliphatic heterocycles. The molecule has 0 bridgehead atoms. The Balaban J connectivity index is 1.34. The molecule has 2 saturated heterocycles. The van der Waals surface area contributed by atoms with Crippen LogP contribution in [-0.4, -0.2) is 46.6 Å². The second-order valence-corrected chi connectivity index (χ2v) is 10.4. The number of amides is 3. The number of aromatic nitrogens is 1. The number of hydrogen-bond donors (Lipinski definition) is 1. The number of carbonyl (C=O) groups excluding carboxylic acids is 2. The third kappa shape index (κ3) is 3.61. The Labute approximate surface area is 199 Å². The second-order valence-electron chi connectivity index (χ2n) is 10.4. The zero-order chi connectivity index (χ0) is 24.3. The van der Waals surface area contributed by atoms with E-state index in [-0.39, 0.29) is 11.9 Å². The smallest absolute Gasteiger partial charge is 0.332 e. The fourth-order valence-electron chi connectivity index (χ4n) is 4.88. The van der Waals surface area contributed by atoms with Crippen LogP contribution in [-0.2, 0) is 21.5 Å². The summed E-state index contributed by atoms with van der Waals surface area (Å²) in [6, 6.07) is 13.2. The van der Waals surface area contributed by atoms with Crippen LogP contribution in [0, 0.1) is 23.2 Å². The SMILES string of the molecule is CC(C)(C#N)c1ccc(N2C(=O)N(Cc3ccnc(NC4[C@H]5COC[C@@H]45)c3)C(C)(C)C2=O)cc1. The van der Waals surface area contributed by atoms with Gasteiger partial charge in [0.05, 0.1) is 30.4 Å². The molecule has 8 nitrogen and oxygen atoms in total. The molecule has 1 N–H and O–H groups in total. The molecule has 1 aromatic heterocycles. The summed E-state index contributed by atoms with van der Waals surface area (Å²) in [5.74, 6) is 1.62. The number of urea groups is 1. The van der Waals surface area contributed by atoms with Gasteiger partial charge in [-0.25, -0.2) is 14.7 Å². The summed E-state index contributed by atoms with van der Waals surface area (Å²) in [4.78, 5) is 34.0. The molecule has 0 radical (unpaired) electrons. The van der Waals surface area contributed by atoms with Crippen LogP contribution in [0.5, 0.6) is 0 Å². The topological polar surface area (TPSA) is 98.6 Å². The predicted octanol–water partition coefficient (Wildman–Crippen LogP) is 3.69. The Morgan fingerprint density at radius 3 is 2.50 bits per heavy atom. The Morgan fingerprint density at radius 2 is 1.85 bits per heavy atom. The number of pyridine rings is 1. The van der Waals surface area contributed by atoms with Gasteiger partial charge in [-0.3, -0.25) is 4.79 Å². The lowest BCUT2D eigenvalue weighted by molar-refractivity contribution is -0.123. The van der Waals surface area contributed by atoms with Crippen molar-refractivity contribution < 1.29 is 14.3 Å². The van der Waals surface area contributed by atoms with Gasteiger partial charge in [-0.15, -0.1) is 0 Å². The molecule has 5 rings (SSSR count). The van der Waals surface area contributed by atoms with Crippen molar-refractivity contribution in [1.29, 1.82) is 5.26 Å². The molecule has 1 aromatic carbocycles. The third-order valence-electron chi connectivity index (χ3n) is 7.38. The Morgan fingerprint density at radius 1 is 1.18 bits per heavy atom. The minimum atomic E-state index is -0.997. The van der Waals surface area contributed by atoms with Gasteiger partial charge < -0.3 is 15.0 Å². The summed E-state index contributed by atoms with van der Waals surface area (Å²) in [5, 5.41) is 12.9. The van der Waals surface area contributed by atoms with Gasteiger partial charge in [-0.2, -0.15) is 5.26 Å². The zero-order valence-electron chi connectivity index (χ0n) is 19.9. The van der Waals surface area contributed by atoms with Crippen LogP contribution in [0.3, 0.4) is 0 Å². The van der Waals surface area contributed by atoms with Crippen LogP contribution in [0.1, 0.15) is 38.8 Å². The number of nitrogens with one attached hydrogen (secondary N) is 1. The fourth-order valence-corrected chi connectivity index (χ4v) is 4.88. The highest BCUT2D eigenvalue weighted by Crippen LogP contribution is 2.45. The largest absolute Gasteiger partial charge is 0.381 e. The number of rotatable bonds is 6. The first-order valence-electron chi connectivity index (χ1n) is 11.6. The molecule has 3 heterocycles. The molecule has 1 saturated carbocycles. The van der Waals surface area contributed by atoms with E-state index >= 15 is 0 Å². The summed E-state index contributed by atoms with van der Waals surface area (Å²) in [6.07, 6.45) is 1.73. The number of ether oxygens (including phenoxy) is 1. The maximum absolute atomic E-state index is 13.4. The molecule has 3 fully saturated rings. The molecule has 1 aliphatic carbocycles. The average molecular weight is 460 g/mol. The summed E-state index contributed by atoms with van der Waals surface area (Å²) in [7, 11) is 0. The van der Waals surface area contributed by atoms with Crippen LogP contribution < -0.4 is 10.2 Å². The van der Waals surface area contributed by atoms with Crippen molar-refractivity contribution >= 4 is 23.4 Å². The summed E-state index contributed by atoms with van der Waals surface area (Å²) < 4.78 is 5.45. The minimum absolute atomic E-state index is 0.275. The molecule has 1 unspecified atom stereocenters. The molecule has 3 atom stereocenters. The summed E-state index contributed by atoms with van der Waals surface area (Å²) in [5.41, 5.74) is 0.590. The monoisotopic (exact) mass is 459 g/mol. The Hall–Kier alpha value is -3.44. The molecule has 3 amide bonds. The van der Waals surface area contributed by atoms with Gasteiger partial charge >= 0.3 is 6.03 Å². The van der Waals surface area contributed by atoms with Crippen molar-refractivity contribution in [3.8, 4) is 6.07 Å². The van der Waals surface area contributed by atoms with Gasteiger partial charge in [0, 0.05) is 30.6 Å². The number of nitrogens with zero attached hydrogens (tertiary/aromatic N) is 4. The lowest BCUT2D eigenvalue weighted by Crippen LogP contribution is -2.43. The standard InChI is InChI=1S/C26H29N5O3/c1-25(2,15-27)17-5-7-18(8-6-17)31-23(32)26(3,4)30(24(31)33)12-16-9-10-28-21(11-16)29-22-19-13-34-14-20(19)22/h5-11,19-20,22H,12-14H2,1-4H3,(H,28,29)/t19-,20+,22?. The normalized spacial score (nSPS) is 25.3. The molecule has 2 aromatic rings. The maximum Gasteiger partial charge on any atom is 0.332 e. The van der Waals surface area contributed by atoms with Gasteiger partial charge in [0.15, 0.2) is 0 Å². The van der Waals surface area contributed by atoms with E-state index < -0.39 is 11.0 Å². The van der Waals surface area contributed by atoms with E-state index in [9.17, 15) is 14.9 Å². The van der Waals surface area contributed by atoms with Crippen LogP contribution in [0.25, 0.3) is 0 Å². The number of carbonyl (C=O) groups is 2. The van der Waals surface area contributed by atoms with Gasteiger partial charge in [-0.1, -0.05) is 12.1 Å².